The molecule has 0 aliphatic heterocycles. The number of thioether (sulfide) groups is 2. The molecule has 0 saturated heterocycles. The predicted molar refractivity (Wildman–Crippen MR) is 144 cm³/mol. The predicted octanol–water partition coefficient (Wildman–Crippen LogP) is 4.33. The summed E-state index contributed by atoms with van der Waals surface area (Å²) in [5, 5.41) is 0.657. The van der Waals surface area contributed by atoms with Gasteiger partial charge in [-0.2, -0.15) is 0 Å². The summed E-state index contributed by atoms with van der Waals surface area (Å²) in [6.45, 7) is 1.03. The number of hydrogen-bond acceptors (Lipinski definition) is 9. The monoisotopic (exact) mass is 522 g/mol. The van der Waals surface area contributed by atoms with Crippen molar-refractivity contribution in [2.45, 2.75) is 46.3 Å². The molecule has 0 radical (unpaired) electrons. The summed E-state index contributed by atoms with van der Waals surface area (Å²) in [7, 11) is 8.42. The highest BCUT2D eigenvalue weighted by atomic mass is 32.2. The minimum Gasteiger partial charge on any atom is -0.496 e. The van der Waals surface area contributed by atoms with Gasteiger partial charge in [-0.15, -0.1) is 23.5 Å². The number of methoxy groups -OCH3 is 5. The SMILES string of the molecule is COCCSc1cc(OC)c(CC(N)C(CN)c2cc(OC)c(SC3CC3)cc2OC)cc1OC. The van der Waals surface area contributed by atoms with Gasteiger partial charge in [0.1, 0.15) is 23.0 Å². The summed E-state index contributed by atoms with van der Waals surface area (Å²) >= 11 is 3.51. The Morgan fingerprint density at radius 1 is 0.857 bits per heavy atom. The standard InChI is InChI=1S/C26H38N2O5S2/c1-29-8-9-34-25-13-21(30-2)16(11-23(25)32-4)10-20(28)19(15-27)18-12-24(33-5)26(14-22(18)31-3)35-17-6-7-17/h11-14,17,19-20H,6-10,15,27-28H2,1-5H3. The summed E-state index contributed by atoms with van der Waals surface area (Å²) in [5.41, 5.74) is 15.0. The fourth-order valence-corrected chi connectivity index (χ4v) is 6.12. The number of hydrogen-bond donors (Lipinski definition) is 2. The van der Waals surface area contributed by atoms with E-state index < -0.39 is 0 Å². The highest BCUT2D eigenvalue weighted by molar-refractivity contribution is 8.00. The quantitative estimate of drug-likeness (QED) is 0.262. The molecule has 0 spiro atoms. The molecular weight excluding hydrogens is 484 g/mol. The molecule has 2 atom stereocenters. The van der Waals surface area contributed by atoms with Gasteiger partial charge in [0.25, 0.3) is 0 Å². The second kappa shape index (κ2) is 13.5. The molecule has 2 aromatic rings. The van der Waals surface area contributed by atoms with Gasteiger partial charge in [-0.1, -0.05) is 0 Å². The van der Waals surface area contributed by atoms with Crippen LogP contribution in [0.25, 0.3) is 0 Å². The van der Waals surface area contributed by atoms with Crippen molar-refractivity contribution in [2.24, 2.45) is 11.5 Å². The molecule has 3 rings (SSSR count). The van der Waals surface area contributed by atoms with Crippen LogP contribution in [0.1, 0.15) is 29.9 Å². The van der Waals surface area contributed by atoms with Crippen LogP contribution < -0.4 is 30.4 Å². The van der Waals surface area contributed by atoms with Crippen LogP contribution in [0.3, 0.4) is 0 Å². The summed E-state index contributed by atoms with van der Waals surface area (Å²) < 4.78 is 28.1. The maximum atomic E-state index is 6.79. The zero-order valence-electron chi connectivity index (χ0n) is 21.3. The first-order chi connectivity index (χ1) is 17.0. The van der Waals surface area contributed by atoms with Crippen LogP contribution >= 0.6 is 23.5 Å². The van der Waals surface area contributed by atoms with Crippen molar-refractivity contribution < 1.29 is 23.7 Å². The summed E-state index contributed by atoms with van der Waals surface area (Å²) in [5.74, 6) is 3.87. The Morgan fingerprint density at radius 3 is 2.06 bits per heavy atom. The molecule has 1 aliphatic carbocycles. The van der Waals surface area contributed by atoms with E-state index in [-0.39, 0.29) is 12.0 Å². The Hall–Kier alpha value is -1.78. The van der Waals surface area contributed by atoms with Crippen molar-refractivity contribution >= 4 is 23.5 Å². The lowest BCUT2D eigenvalue weighted by atomic mass is 9.87. The van der Waals surface area contributed by atoms with Gasteiger partial charge in [0, 0.05) is 42.2 Å². The Labute approximate surface area is 217 Å². The fourth-order valence-electron chi connectivity index (χ4n) is 4.01. The molecule has 0 bridgehead atoms. The minimum absolute atomic E-state index is 0.134. The normalized spacial score (nSPS) is 14.9. The number of ether oxygens (including phenoxy) is 5. The molecular formula is C26H38N2O5S2. The van der Waals surface area contributed by atoms with Crippen molar-refractivity contribution in [3.05, 3.63) is 35.4 Å². The van der Waals surface area contributed by atoms with Crippen LogP contribution in [0.5, 0.6) is 23.0 Å². The van der Waals surface area contributed by atoms with E-state index in [0.717, 1.165) is 49.7 Å². The second-order valence-electron chi connectivity index (χ2n) is 8.43. The van der Waals surface area contributed by atoms with Crippen LogP contribution in [0.15, 0.2) is 34.1 Å². The lowest BCUT2D eigenvalue weighted by molar-refractivity contribution is 0.218. The molecule has 1 aliphatic rings. The molecule has 194 valence electrons. The molecule has 9 heteroatoms. The van der Waals surface area contributed by atoms with Gasteiger partial charge >= 0.3 is 0 Å². The van der Waals surface area contributed by atoms with Crippen molar-refractivity contribution in [3.63, 3.8) is 0 Å². The molecule has 7 nitrogen and oxygen atoms in total. The van der Waals surface area contributed by atoms with E-state index in [1.807, 2.05) is 30.0 Å². The molecule has 1 fully saturated rings. The highest BCUT2D eigenvalue weighted by Gasteiger charge is 2.28. The van der Waals surface area contributed by atoms with Crippen LogP contribution in [-0.2, 0) is 11.2 Å². The average molecular weight is 523 g/mol. The Morgan fingerprint density at radius 2 is 1.49 bits per heavy atom. The van der Waals surface area contributed by atoms with E-state index >= 15 is 0 Å². The maximum absolute atomic E-state index is 6.79. The first-order valence-corrected chi connectivity index (χ1v) is 13.6. The molecule has 1 saturated carbocycles. The Kier molecular flexibility index (Phi) is 10.7. The highest BCUT2D eigenvalue weighted by Crippen LogP contribution is 2.46. The molecule has 4 N–H and O–H groups in total. The van der Waals surface area contributed by atoms with Gasteiger partial charge in [0.05, 0.1) is 44.8 Å². The van der Waals surface area contributed by atoms with Crippen LogP contribution in [0.2, 0.25) is 0 Å². The largest absolute Gasteiger partial charge is 0.496 e. The molecule has 0 heterocycles. The molecule has 2 unspecified atom stereocenters. The smallest absolute Gasteiger partial charge is 0.132 e. The molecule has 2 aromatic carbocycles. The second-order valence-corrected chi connectivity index (χ2v) is 10.9. The van der Waals surface area contributed by atoms with Crippen molar-refractivity contribution in [1.29, 1.82) is 0 Å². The van der Waals surface area contributed by atoms with Gasteiger partial charge in [0.15, 0.2) is 0 Å². The Bertz CT molecular complexity index is 971. The van der Waals surface area contributed by atoms with Crippen molar-refractivity contribution in [2.75, 3.05) is 54.5 Å². The van der Waals surface area contributed by atoms with Crippen LogP contribution in [0.4, 0.5) is 0 Å². The van der Waals surface area contributed by atoms with Gasteiger partial charge < -0.3 is 35.2 Å². The van der Waals surface area contributed by atoms with Crippen molar-refractivity contribution in [3.8, 4) is 23.0 Å². The first kappa shape index (κ1) is 27.8. The van der Waals surface area contributed by atoms with E-state index in [1.165, 1.54) is 12.8 Å². The van der Waals surface area contributed by atoms with E-state index in [1.54, 1.807) is 47.3 Å². The lowest BCUT2D eigenvalue weighted by Gasteiger charge is -2.27. The van der Waals surface area contributed by atoms with E-state index in [2.05, 4.69) is 6.07 Å². The summed E-state index contributed by atoms with van der Waals surface area (Å²) in [6, 6.07) is 7.84. The molecule has 0 aromatic heterocycles. The van der Waals surface area contributed by atoms with Gasteiger partial charge in [-0.3, -0.25) is 0 Å². The van der Waals surface area contributed by atoms with E-state index in [4.69, 9.17) is 35.2 Å². The van der Waals surface area contributed by atoms with Gasteiger partial charge in [-0.05, 0) is 49.1 Å². The fraction of sp³-hybridized carbons (Fsp3) is 0.538. The summed E-state index contributed by atoms with van der Waals surface area (Å²) in [6.07, 6.45) is 3.04. The Balaban J connectivity index is 1.88. The molecule has 0 amide bonds. The minimum atomic E-state index is -0.272. The first-order valence-electron chi connectivity index (χ1n) is 11.7. The lowest BCUT2D eigenvalue weighted by Crippen LogP contribution is -2.35. The molecule has 35 heavy (non-hydrogen) atoms. The number of nitrogens with two attached hydrogens (primary N) is 2. The maximum Gasteiger partial charge on any atom is 0.132 e. The van der Waals surface area contributed by atoms with Gasteiger partial charge in [0.2, 0.25) is 0 Å². The van der Waals surface area contributed by atoms with E-state index in [9.17, 15) is 0 Å². The topological polar surface area (TPSA) is 98.2 Å². The van der Waals surface area contributed by atoms with Crippen molar-refractivity contribution in [1.82, 2.24) is 0 Å². The van der Waals surface area contributed by atoms with Crippen LogP contribution in [-0.4, -0.2) is 65.7 Å². The zero-order valence-corrected chi connectivity index (χ0v) is 22.9. The third kappa shape index (κ3) is 7.13. The third-order valence-corrected chi connectivity index (χ3v) is 8.45. The number of benzene rings is 2. The third-order valence-electron chi connectivity index (χ3n) is 6.07. The van der Waals surface area contributed by atoms with E-state index in [0.29, 0.717) is 24.8 Å². The average Bonchev–Trinajstić information content (AvgIpc) is 3.69. The zero-order chi connectivity index (χ0) is 25.4. The van der Waals surface area contributed by atoms with Crippen LogP contribution in [0, 0.1) is 0 Å². The number of rotatable bonds is 15. The summed E-state index contributed by atoms with van der Waals surface area (Å²) in [4.78, 5) is 2.09. The van der Waals surface area contributed by atoms with Gasteiger partial charge in [-0.25, -0.2) is 0 Å².